The number of cyclic esters (lactones) is 1. The van der Waals surface area contributed by atoms with Crippen LogP contribution in [-0.4, -0.2) is 31.8 Å². The minimum absolute atomic E-state index is 0.0930. The van der Waals surface area contributed by atoms with Gasteiger partial charge >= 0.3 is 6.09 Å². The van der Waals surface area contributed by atoms with Crippen molar-refractivity contribution in [2.24, 2.45) is 0 Å². The second-order valence-electron chi connectivity index (χ2n) is 5.69. The summed E-state index contributed by atoms with van der Waals surface area (Å²) in [6, 6.07) is 10.2. The quantitative estimate of drug-likeness (QED) is 0.771. The Bertz CT molecular complexity index is 400. The first-order valence-electron chi connectivity index (χ1n) is 5.96. The highest BCUT2D eigenvalue weighted by molar-refractivity contribution is 6.76. The van der Waals surface area contributed by atoms with Crippen molar-refractivity contribution in [1.29, 1.82) is 0 Å². The first-order chi connectivity index (χ1) is 7.97. The van der Waals surface area contributed by atoms with Crippen LogP contribution in [0.5, 0.6) is 0 Å². The lowest BCUT2D eigenvalue weighted by Crippen LogP contribution is -2.41. The fourth-order valence-electron chi connectivity index (χ4n) is 2.09. The Morgan fingerprint density at radius 3 is 2.53 bits per heavy atom. The Morgan fingerprint density at radius 2 is 1.94 bits per heavy atom. The van der Waals surface area contributed by atoms with Crippen LogP contribution in [0.2, 0.25) is 19.6 Å². The van der Waals surface area contributed by atoms with Crippen molar-refractivity contribution in [1.82, 2.24) is 4.90 Å². The molecular weight excluding hydrogens is 230 g/mol. The fraction of sp³-hybridized carbons (Fsp3) is 0.462. The summed E-state index contributed by atoms with van der Waals surface area (Å²) in [5.74, 6) is 0. The molecule has 2 rings (SSSR count). The van der Waals surface area contributed by atoms with Crippen LogP contribution in [0.25, 0.3) is 0 Å². The summed E-state index contributed by atoms with van der Waals surface area (Å²) in [4.78, 5) is 13.7. The summed E-state index contributed by atoms with van der Waals surface area (Å²) in [6.07, 6.45) is 0.687. The number of benzene rings is 1. The van der Waals surface area contributed by atoms with E-state index in [1.807, 2.05) is 23.1 Å². The van der Waals surface area contributed by atoms with Crippen LogP contribution in [0.3, 0.4) is 0 Å². The molecule has 1 fully saturated rings. The molecule has 1 heterocycles. The van der Waals surface area contributed by atoms with E-state index in [0.29, 0.717) is 6.61 Å². The van der Waals surface area contributed by atoms with Crippen molar-refractivity contribution < 1.29 is 9.53 Å². The molecule has 1 aromatic rings. The highest BCUT2D eigenvalue weighted by Gasteiger charge is 2.36. The molecule has 1 atom stereocenters. The number of hydrogen-bond acceptors (Lipinski definition) is 2. The molecule has 92 valence electrons. The molecule has 4 heteroatoms. The predicted octanol–water partition coefficient (Wildman–Crippen LogP) is 3.06. The number of carbonyl (C=O) groups excluding carboxylic acids is 1. The third kappa shape index (κ3) is 2.88. The van der Waals surface area contributed by atoms with E-state index in [2.05, 4.69) is 31.8 Å². The Labute approximate surface area is 103 Å². The van der Waals surface area contributed by atoms with E-state index in [0.717, 1.165) is 11.7 Å². The van der Waals surface area contributed by atoms with Gasteiger partial charge in [-0.15, -0.1) is 0 Å². The molecule has 0 spiro atoms. The molecule has 0 unspecified atom stereocenters. The van der Waals surface area contributed by atoms with E-state index in [-0.39, 0.29) is 12.1 Å². The second-order valence-corrected chi connectivity index (χ2v) is 11.1. The Morgan fingerprint density at radius 1 is 1.29 bits per heavy atom. The maximum absolute atomic E-state index is 11.8. The van der Waals surface area contributed by atoms with Gasteiger partial charge in [-0.05, 0) is 5.56 Å². The smallest absolute Gasteiger partial charge is 0.410 e. The topological polar surface area (TPSA) is 29.5 Å². The van der Waals surface area contributed by atoms with Gasteiger partial charge in [0.25, 0.3) is 0 Å². The molecule has 1 amide bonds. The van der Waals surface area contributed by atoms with Crippen molar-refractivity contribution in [3.05, 3.63) is 35.9 Å². The van der Waals surface area contributed by atoms with Crippen LogP contribution in [0.15, 0.2) is 30.3 Å². The normalized spacial score (nSPS) is 20.5. The van der Waals surface area contributed by atoms with Gasteiger partial charge in [-0.3, -0.25) is 0 Å². The van der Waals surface area contributed by atoms with E-state index in [1.165, 1.54) is 0 Å². The molecule has 0 saturated carbocycles. The van der Waals surface area contributed by atoms with Crippen molar-refractivity contribution >= 4 is 14.2 Å². The molecular formula is C13H19NO2Si. The molecule has 0 N–H and O–H groups in total. The van der Waals surface area contributed by atoms with Gasteiger partial charge in [0.15, 0.2) is 0 Å². The van der Waals surface area contributed by atoms with Crippen LogP contribution >= 0.6 is 0 Å². The molecule has 0 radical (unpaired) electrons. The minimum atomic E-state index is -1.31. The highest BCUT2D eigenvalue weighted by Crippen LogP contribution is 2.28. The standard InChI is InChI=1S/C13H19NO2Si/c1-17(2,3)10-14-12(9-16-13(14)15)11-7-5-4-6-8-11/h4-8,12H,9-10H2,1-3H3/t12-/m1/s1. The molecule has 1 aliphatic heterocycles. The maximum Gasteiger partial charge on any atom is 0.410 e. The van der Waals surface area contributed by atoms with E-state index in [9.17, 15) is 4.79 Å². The van der Waals surface area contributed by atoms with Gasteiger partial charge < -0.3 is 9.64 Å². The number of ether oxygens (including phenoxy) is 1. The molecule has 0 aromatic heterocycles. The summed E-state index contributed by atoms with van der Waals surface area (Å²) in [5.41, 5.74) is 1.16. The van der Waals surface area contributed by atoms with Gasteiger partial charge in [-0.25, -0.2) is 4.79 Å². The fourth-order valence-corrected chi connectivity index (χ4v) is 3.46. The number of rotatable bonds is 3. The Balaban J connectivity index is 2.20. The SMILES string of the molecule is C[Si](C)(C)CN1C(=O)OC[C@@H]1c1ccccc1. The van der Waals surface area contributed by atoms with Gasteiger partial charge in [-0.1, -0.05) is 50.0 Å². The largest absolute Gasteiger partial charge is 0.447 e. The predicted molar refractivity (Wildman–Crippen MR) is 70.6 cm³/mol. The lowest BCUT2D eigenvalue weighted by molar-refractivity contribution is 0.161. The zero-order chi connectivity index (χ0) is 12.5. The molecule has 17 heavy (non-hydrogen) atoms. The third-order valence-corrected chi connectivity index (χ3v) is 4.09. The molecule has 3 nitrogen and oxygen atoms in total. The molecule has 0 bridgehead atoms. The van der Waals surface area contributed by atoms with Crippen molar-refractivity contribution in [3.8, 4) is 0 Å². The second kappa shape index (κ2) is 4.53. The van der Waals surface area contributed by atoms with Crippen LogP contribution in [-0.2, 0) is 4.74 Å². The monoisotopic (exact) mass is 249 g/mol. The lowest BCUT2D eigenvalue weighted by atomic mass is 10.1. The summed E-state index contributed by atoms with van der Waals surface area (Å²) in [7, 11) is -1.31. The zero-order valence-electron chi connectivity index (χ0n) is 10.6. The minimum Gasteiger partial charge on any atom is -0.447 e. The van der Waals surface area contributed by atoms with Crippen molar-refractivity contribution in [2.45, 2.75) is 25.7 Å². The number of carbonyl (C=O) groups is 1. The molecule has 0 aliphatic carbocycles. The molecule has 1 aromatic carbocycles. The number of amides is 1. The Kier molecular flexibility index (Phi) is 3.24. The van der Waals surface area contributed by atoms with Crippen LogP contribution in [0, 0.1) is 0 Å². The number of hydrogen-bond donors (Lipinski definition) is 0. The van der Waals surface area contributed by atoms with Crippen LogP contribution in [0.1, 0.15) is 11.6 Å². The zero-order valence-corrected chi connectivity index (χ0v) is 11.6. The van der Waals surface area contributed by atoms with Crippen LogP contribution in [0.4, 0.5) is 4.79 Å². The first kappa shape index (κ1) is 12.2. The van der Waals surface area contributed by atoms with Crippen molar-refractivity contribution in [3.63, 3.8) is 0 Å². The average Bonchev–Trinajstić information content (AvgIpc) is 2.60. The van der Waals surface area contributed by atoms with E-state index in [1.54, 1.807) is 0 Å². The molecule has 1 saturated heterocycles. The summed E-state index contributed by atoms with van der Waals surface area (Å²) in [6.45, 7) is 7.27. The van der Waals surface area contributed by atoms with E-state index >= 15 is 0 Å². The first-order valence-corrected chi connectivity index (χ1v) is 9.66. The molecule has 1 aliphatic rings. The van der Waals surface area contributed by atoms with Gasteiger partial charge in [0.1, 0.15) is 6.61 Å². The summed E-state index contributed by atoms with van der Waals surface area (Å²) < 4.78 is 5.19. The third-order valence-electron chi connectivity index (χ3n) is 2.80. The van der Waals surface area contributed by atoms with Gasteiger partial charge in [0, 0.05) is 6.17 Å². The summed E-state index contributed by atoms with van der Waals surface area (Å²) >= 11 is 0. The highest BCUT2D eigenvalue weighted by atomic mass is 28.3. The average molecular weight is 249 g/mol. The van der Waals surface area contributed by atoms with E-state index < -0.39 is 8.07 Å². The van der Waals surface area contributed by atoms with Crippen molar-refractivity contribution in [2.75, 3.05) is 12.8 Å². The van der Waals surface area contributed by atoms with Gasteiger partial charge in [0.2, 0.25) is 0 Å². The summed E-state index contributed by atoms with van der Waals surface area (Å²) in [5, 5.41) is 0. The van der Waals surface area contributed by atoms with E-state index in [4.69, 9.17) is 4.74 Å². The Hall–Kier alpha value is -1.29. The number of nitrogens with zero attached hydrogens (tertiary/aromatic N) is 1. The lowest BCUT2D eigenvalue weighted by Gasteiger charge is -2.27. The van der Waals surface area contributed by atoms with Gasteiger partial charge in [-0.2, -0.15) is 0 Å². The van der Waals surface area contributed by atoms with Crippen LogP contribution < -0.4 is 0 Å². The van der Waals surface area contributed by atoms with Gasteiger partial charge in [0.05, 0.1) is 14.1 Å². The maximum atomic E-state index is 11.8.